The molecule has 0 heterocycles. The number of hydrogen-bond acceptors (Lipinski definition) is 1. The van der Waals surface area contributed by atoms with Crippen LogP contribution in [0.5, 0.6) is 0 Å². The molecule has 0 atom stereocenters. The van der Waals surface area contributed by atoms with Gasteiger partial charge in [0, 0.05) is 17.6 Å². The molecular weight excluding hydrogens is 214 g/mol. The molecule has 1 fully saturated rings. The van der Waals surface area contributed by atoms with E-state index in [1.165, 1.54) is 25.7 Å². The van der Waals surface area contributed by atoms with E-state index in [1.54, 1.807) is 0 Å². The first-order valence-corrected chi connectivity index (χ1v) is 5.52. The van der Waals surface area contributed by atoms with E-state index < -0.39 is 0 Å². The van der Waals surface area contributed by atoms with Crippen molar-refractivity contribution in [2.75, 3.05) is 13.1 Å². The molecule has 0 aromatic rings. The van der Waals surface area contributed by atoms with Crippen molar-refractivity contribution in [1.82, 2.24) is 5.32 Å². The predicted molar refractivity (Wildman–Crippen MR) is 57.5 cm³/mol. The minimum absolute atomic E-state index is 0.627. The molecule has 12 heavy (non-hydrogen) atoms. The largest absolute Gasteiger partial charge is 0.312 e. The maximum absolute atomic E-state index is 3.80. The summed E-state index contributed by atoms with van der Waals surface area (Å²) in [6.07, 6.45) is 5.55. The molecule has 1 aliphatic rings. The van der Waals surface area contributed by atoms with Crippen LogP contribution in [0, 0.1) is 5.41 Å². The number of rotatable bonds is 5. The standard InChI is InChI=1S/C10H18BrN/c1-3-10(5-4-6-10)8-12-7-9(2)11/h12H,2-8H2,1H3. The molecule has 1 saturated carbocycles. The predicted octanol–water partition coefficient (Wildman–Crippen LogP) is 3.06. The van der Waals surface area contributed by atoms with Gasteiger partial charge in [-0.1, -0.05) is 35.9 Å². The topological polar surface area (TPSA) is 12.0 Å². The highest BCUT2D eigenvalue weighted by atomic mass is 79.9. The smallest absolute Gasteiger partial charge is 0.0265 e. The quantitative estimate of drug-likeness (QED) is 0.768. The average Bonchev–Trinajstić information content (AvgIpc) is 1.94. The molecule has 0 saturated heterocycles. The van der Waals surface area contributed by atoms with E-state index >= 15 is 0 Å². The van der Waals surface area contributed by atoms with Crippen LogP contribution in [0.1, 0.15) is 32.6 Å². The summed E-state index contributed by atoms with van der Waals surface area (Å²) in [6.45, 7) is 8.16. The van der Waals surface area contributed by atoms with Crippen LogP contribution in [-0.4, -0.2) is 13.1 Å². The van der Waals surface area contributed by atoms with Gasteiger partial charge in [0.15, 0.2) is 0 Å². The van der Waals surface area contributed by atoms with Gasteiger partial charge in [-0.05, 0) is 24.7 Å². The molecule has 0 aromatic carbocycles. The van der Waals surface area contributed by atoms with Crippen molar-refractivity contribution in [3.63, 3.8) is 0 Å². The van der Waals surface area contributed by atoms with Crippen LogP contribution in [0.25, 0.3) is 0 Å². The maximum atomic E-state index is 3.80. The van der Waals surface area contributed by atoms with Gasteiger partial charge in [-0.3, -0.25) is 0 Å². The summed E-state index contributed by atoms with van der Waals surface area (Å²) in [5, 5.41) is 3.43. The van der Waals surface area contributed by atoms with Crippen LogP contribution >= 0.6 is 15.9 Å². The highest BCUT2D eigenvalue weighted by Gasteiger charge is 2.34. The van der Waals surface area contributed by atoms with E-state index in [1.807, 2.05) is 0 Å². The molecule has 0 amide bonds. The molecule has 1 nitrogen and oxygen atoms in total. The number of halogens is 1. The zero-order chi connectivity index (χ0) is 9.03. The van der Waals surface area contributed by atoms with Crippen LogP contribution < -0.4 is 5.32 Å². The SMILES string of the molecule is C=C(Br)CNCC1(CC)CCC1. The average molecular weight is 232 g/mol. The van der Waals surface area contributed by atoms with Crippen molar-refractivity contribution in [3.8, 4) is 0 Å². The first kappa shape index (κ1) is 10.3. The van der Waals surface area contributed by atoms with Crippen molar-refractivity contribution >= 4 is 15.9 Å². The molecule has 1 aliphatic carbocycles. The van der Waals surface area contributed by atoms with E-state index in [4.69, 9.17) is 0 Å². The van der Waals surface area contributed by atoms with Gasteiger partial charge in [-0.15, -0.1) is 0 Å². The Balaban J connectivity index is 2.16. The van der Waals surface area contributed by atoms with Crippen LogP contribution in [0.2, 0.25) is 0 Å². The second-order valence-corrected chi connectivity index (χ2v) is 4.95. The third-order valence-electron chi connectivity index (χ3n) is 2.98. The normalized spacial score (nSPS) is 20.2. The summed E-state index contributed by atoms with van der Waals surface area (Å²) in [4.78, 5) is 0. The zero-order valence-electron chi connectivity index (χ0n) is 7.83. The second-order valence-electron chi connectivity index (χ2n) is 3.83. The van der Waals surface area contributed by atoms with Crippen LogP contribution in [0.4, 0.5) is 0 Å². The number of hydrogen-bond donors (Lipinski definition) is 1. The van der Waals surface area contributed by atoms with Gasteiger partial charge in [-0.2, -0.15) is 0 Å². The Morgan fingerprint density at radius 2 is 2.25 bits per heavy atom. The third kappa shape index (κ3) is 2.60. The van der Waals surface area contributed by atoms with Crippen LogP contribution in [0.15, 0.2) is 11.1 Å². The van der Waals surface area contributed by atoms with Crippen LogP contribution in [-0.2, 0) is 0 Å². The first-order chi connectivity index (χ1) is 5.68. The molecule has 0 unspecified atom stereocenters. The van der Waals surface area contributed by atoms with Gasteiger partial charge >= 0.3 is 0 Å². The van der Waals surface area contributed by atoms with E-state index in [9.17, 15) is 0 Å². The van der Waals surface area contributed by atoms with Gasteiger partial charge in [0.05, 0.1) is 0 Å². The zero-order valence-corrected chi connectivity index (χ0v) is 9.41. The van der Waals surface area contributed by atoms with E-state index in [0.29, 0.717) is 5.41 Å². The fraction of sp³-hybridized carbons (Fsp3) is 0.800. The fourth-order valence-electron chi connectivity index (χ4n) is 1.80. The lowest BCUT2D eigenvalue weighted by atomic mass is 9.67. The molecule has 0 bridgehead atoms. The molecule has 70 valence electrons. The Morgan fingerprint density at radius 3 is 2.58 bits per heavy atom. The lowest BCUT2D eigenvalue weighted by molar-refractivity contribution is 0.126. The second kappa shape index (κ2) is 4.43. The molecule has 1 N–H and O–H groups in total. The van der Waals surface area contributed by atoms with Crippen molar-refractivity contribution in [2.45, 2.75) is 32.6 Å². The third-order valence-corrected chi connectivity index (χ3v) is 3.26. The van der Waals surface area contributed by atoms with Gasteiger partial charge in [0.1, 0.15) is 0 Å². The van der Waals surface area contributed by atoms with E-state index in [-0.39, 0.29) is 0 Å². The Kier molecular flexibility index (Phi) is 3.78. The fourth-order valence-corrected chi connectivity index (χ4v) is 1.99. The summed E-state index contributed by atoms with van der Waals surface area (Å²) < 4.78 is 1.05. The summed E-state index contributed by atoms with van der Waals surface area (Å²) in [5.74, 6) is 0. The van der Waals surface area contributed by atoms with Gasteiger partial charge in [0.25, 0.3) is 0 Å². The van der Waals surface area contributed by atoms with Crippen molar-refractivity contribution in [3.05, 3.63) is 11.1 Å². The first-order valence-electron chi connectivity index (χ1n) is 4.72. The highest BCUT2D eigenvalue weighted by molar-refractivity contribution is 9.11. The van der Waals surface area contributed by atoms with Crippen molar-refractivity contribution < 1.29 is 0 Å². The Hall–Kier alpha value is 0.180. The Bertz CT molecular complexity index is 156. The lowest BCUT2D eigenvalue weighted by Crippen LogP contribution is -2.39. The Labute approximate surface area is 83.7 Å². The summed E-state index contributed by atoms with van der Waals surface area (Å²) in [5.41, 5.74) is 0.627. The lowest BCUT2D eigenvalue weighted by Gasteiger charge is -2.41. The van der Waals surface area contributed by atoms with E-state index in [0.717, 1.165) is 17.6 Å². The summed E-state index contributed by atoms with van der Waals surface area (Å²) >= 11 is 3.35. The van der Waals surface area contributed by atoms with Crippen LogP contribution in [0.3, 0.4) is 0 Å². The van der Waals surface area contributed by atoms with Crippen molar-refractivity contribution in [2.24, 2.45) is 5.41 Å². The molecule has 0 radical (unpaired) electrons. The molecular formula is C10H18BrN. The minimum atomic E-state index is 0.627. The molecule has 0 aliphatic heterocycles. The molecule has 2 heteroatoms. The van der Waals surface area contributed by atoms with Gasteiger partial charge in [0.2, 0.25) is 0 Å². The minimum Gasteiger partial charge on any atom is -0.312 e. The Morgan fingerprint density at radius 1 is 1.58 bits per heavy atom. The maximum Gasteiger partial charge on any atom is 0.0265 e. The molecule has 0 aromatic heterocycles. The highest BCUT2D eigenvalue weighted by Crippen LogP contribution is 2.42. The molecule has 0 spiro atoms. The monoisotopic (exact) mass is 231 g/mol. The van der Waals surface area contributed by atoms with Gasteiger partial charge in [-0.25, -0.2) is 0 Å². The van der Waals surface area contributed by atoms with Gasteiger partial charge < -0.3 is 5.32 Å². The number of nitrogens with one attached hydrogen (secondary N) is 1. The summed E-state index contributed by atoms with van der Waals surface area (Å²) in [6, 6.07) is 0. The van der Waals surface area contributed by atoms with E-state index in [2.05, 4.69) is 34.7 Å². The molecule has 1 rings (SSSR count). The summed E-state index contributed by atoms with van der Waals surface area (Å²) in [7, 11) is 0. The van der Waals surface area contributed by atoms with Crippen molar-refractivity contribution in [1.29, 1.82) is 0 Å².